The van der Waals surface area contributed by atoms with Gasteiger partial charge in [0.25, 0.3) is 10.0 Å². The first kappa shape index (κ1) is 14.3. The van der Waals surface area contributed by atoms with Crippen LogP contribution in [0.1, 0.15) is 18.4 Å². The summed E-state index contributed by atoms with van der Waals surface area (Å²) in [5, 5.41) is 0. The number of fused-ring (bicyclic) bond motifs is 2. The van der Waals surface area contributed by atoms with Crippen LogP contribution < -0.4 is 4.31 Å². The van der Waals surface area contributed by atoms with E-state index in [1.54, 1.807) is 25.1 Å². The van der Waals surface area contributed by atoms with Crippen LogP contribution in [0.15, 0.2) is 51.8 Å². The lowest BCUT2D eigenvalue weighted by atomic mass is 10.1. The van der Waals surface area contributed by atoms with Crippen molar-refractivity contribution in [1.82, 2.24) is 4.98 Å². The first-order valence-corrected chi connectivity index (χ1v) is 8.90. The summed E-state index contributed by atoms with van der Waals surface area (Å²) >= 11 is 0. The molecule has 2 heterocycles. The molecule has 2 aromatic carbocycles. The SMILES string of the molecule is Cc1nc2ccc(S(=O)(=O)N3c4ccccc4CC3C)cc2o1. The van der Waals surface area contributed by atoms with Gasteiger partial charge in [-0.3, -0.25) is 4.31 Å². The maximum Gasteiger partial charge on any atom is 0.264 e. The third kappa shape index (κ3) is 2.13. The zero-order chi connectivity index (χ0) is 16.2. The normalized spacial score (nSPS) is 17.7. The molecule has 0 fully saturated rings. The summed E-state index contributed by atoms with van der Waals surface area (Å²) in [6.45, 7) is 3.67. The molecule has 23 heavy (non-hydrogen) atoms. The predicted molar refractivity (Wildman–Crippen MR) is 88.0 cm³/mol. The number of anilines is 1. The van der Waals surface area contributed by atoms with E-state index in [1.807, 2.05) is 31.2 Å². The smallest absolute Gasteiger partial charge is 0.264 e. The van der Waals surface area contributed by atoms with E-state index in [4.69, 9.17) is 4.42 Å². The summed E-state index contributed by atoms with van der Waals surface area (Å²) in [5.41, 5.74) is 2.97. The summed E-state index contributed by atoms with van der Waals surface area (Å²) in [6, 6.07) is 12.4. The van der Waals surface area contributed by atoms with Crippen molar-refractivity contribution in [2.75, 3.05) is 4.31 Å². The highest BCUT2D eigenvalue weighted by atomic mass is 32.2. The number of hydrogen-bond acceptors (Lipinski definition) is 4. The van der Waals surface area contributed by atoms with Crippen molar-refractivity contribution in [2.24, 2.45) is 0 Å². The van der Waals surface area contributed by atoms with E-state index in [0.717, 1.165) is 17.7 Å². The molecule has 0 saturated heterocycles. The predicted octanol–water partition coefficient (Wildman–Crippen LogP) is 3.28. The van der Waals surface area contributed by atoms with Crippen LogP contribution in [0.5, 0.6) is 0 Å². The minimum atomic E-state index is -3.64. The van der Waals surface area contributed by atoms with Gasteiger partial charge >= 0.3 is 0 Å². The zero-order valence-electron chi connectivity index (χ0n) is 12.9. The molecule has 1 aliphatic rings. The molecule has 1 aliphatic heterocycles. The molecular weight excluding hydrogens is 312 g/mol. The molecule has 6 heteroatoms. The van der Waals surface area contributed by atoms with E-state index in [2.05, 4.69) is 4.98 Å². The van der Waals surface area contributed by atoms with Crippen LogP contribution in [0.2, 0.25) is 0 Å². The lowest BCUT2D eigenvalue weighted by Gasteiger charge is -2.24. The molecule has 0 bridgehead atoms. The van der Waals surface area contributed by atoms with Crippen molar-refractivity contribution in [3.63, 3.8) is 0 Å². The van der Waals surface area contributed by atoms with E-state index < -0.39 is 10.0 Å². The van der Waals surface area contributed by atoms with Crippen LogP contribution in [-0.4, -0.2) is 19.4 Å². The van der Waals surface area contributed by atoms with Crippen molar-refractivity contribution in [3.05, 3.63) is 53.9 Å². The van der Waals surface area contributed by atoms with Gasteiger partial charge in [0.1, 0.15) is 5.52 Å². The van der Waals surface area contributed by atoms with E-state index in [1.165, 1.54) is 4.31 Å². The summed E-state index contributed by atoms with van der Waals surface area (Å²) in [4.78, 5) is 4.44. The van der Waals surface area contributed by atoms with Gasteiger partial charge in [0.2, 0.25) is 0 Å². The van der Waals surface area contributed by atoms with E-state index in [9.17, 15) is 8.42 Å². The fourth-order valence-electron chi connectivity index (χ4n) is 3.20. The van der Waals surface area contributed by atoms with E-state index >= 15 is 0 Å². The average Bonchev–Trinajstić information content (AvgIpc) is 3.04. The third-order valence-corrected chi connectivity index (χ3v) is 6.09. The first-order chi connectivity index (χ1) is 11.0. The van der Waals surface area contributed by atoms with Gasteiger partial charge in [-0.15, -0.1) is 0 Å². The van der Waals surface area contributed by atoms with Crippen molar-refractivity contribution >= 4 is 26.8 Å². The number of oxazole rings is 1. The second-order valence-electron chi connectivity index (χ2n) is 5.85. The Morgan fingerprint density at radius 2 is 2.00 bits per heavy atom. The minimum Gasteiger partial charge on any atom is -0.441 e. The van der Waals surface area contributed by atoms with Gasteiger partial charge in [-0.05, 0) is 37.1 Å². The molecule has 1 unspecified atom stereocenters. The van der Waals surface area contributed by atoms with E-state index in [-0.39, 0.29) is 10.9 Å². The molecule has 1 aromatic heterocycles. The highest BCUT2D eigenvalue weighted by molar-refractivity contribution is 7.92. The average molecular weight is 328 g/mol. The van der Waals surface area contributed by atoms with Gasteiger partial charge < -0.3 is 4.42 Å². The standard InChI is InChI=1S/C17H16N2O3S/c1-11-9-13-5-3-4-6-16(13)19(11)23(20,21)14-7-8-15-17(10-14)22-12(2)18-15/h3-8,10-11H,9H2,1-2H3. The molecular formula is C17H16N2O3S. The molecule has 0 saturated carbocycles. The van der Waals surface area contributed by atoms with Gasteiger partial charge in [0, 0.05) is 19.0 Å². The van der Waals surface area contributed by atoms with Crippen LogP contribution >= 0.6 is 0 Å². The number of aryl methyl sites for hydroxylation is 1. The minimum absolute atomic E-state index is 0.107. The van der Waals surface area contributed by atoms with Crippen LogP contribution in [0.3, 0.4) is 0 Å². The largest absolute Gasteiger partial charge is 0.441 e. The maximum absolute atomic E-state index is 13.1. The molecule has 4 rings (SSSR count). The third-order valence-electron chi connectivity index (χ3n) is 4.17. The molecule has 5 nitrogen and oxygen atoms in total. The van der Waals surface area contributed by atoms with Gasteiger partial charge in [-0.25, -0.2) is 13.4 Å². The quantitative estimate of drug-likeness (QED) is 0.724. The van der Waals surface area contributed by atoms with Crippen molar-refractivity contribution < 1.29 is 12.8 Å². The fourth-order valence-corrected chi connectivity index (χ4v) is 4.91. The van der Waals surface area contributed by atoms with Crippen molar-refractivity contribution in [1.29, 1.82) is 0 Å². The van der Waals surface area contributed by atoms with Gasteiger partial charge in [-0.1, -0.05) is 18.2 Å². The first-order valence-electron chi connectivity index (χ1n) is 7.46. The number of nitrogens with zero attached hydrogens (tertiary/aromatic N) is 2. The number of para-hydroxylation sites is 1. The fraction of sp³-hybridized carbons (Fsp3) is 0.235. The highest BCUT2D eigenvalue weighted by Crippen LogP contribution is 2.36. The zero-order valence-corrected chi connectivity index (χ0v) is 13.7. The topological polar surface area (TPSA) is 63.4 Å². The summed E-state index contributed by atoms with van der Waals surface area (Å²) in [7, 11) is -3.64. The summed E-state index contributed by atoms with van der Waals surface area (Å²) < 4.78 is 33.2. The Labute approximate surface area is 134 Å². The Bertz CT molecular complexity index is 1010. The van der Waals surface area contributed by atoms with Gasteiger partial charge in [-0.2, -0.15) is 0 Å². The monoisotopic (exact) mass is 328 g/mol. The Hall–Kier alpha value is -2.34. The molecule has 0 aliphatic carbocycles. The lowest BCUT2D eigenvalue weighted by molar-refractivity contribution is 0.559. The summed E-state index contributed by atoms with van der Waals surface area (Å²) in [5.74, 6) is 0.523. The summed E-state index contributed by atoms with van der Waals surface area (Å²) in [6.07, 6.45) is 0.721. The number of benzene rings is 2. The molecule has 0 spiro atoms. The maximum atomic E-state index is 13.1. The number of aromatic nitrogens is 1. The molecule has 0 amide bonds. The van der Waals surface area contributed by atoms with Crippen LogP contribution in [0, 0.1) is 6.92 Å². The van der Waals surface area contributed by atoms with Crippen LogP contribution in [-0.2, 0) is 16.4 Å². The van der Waals surface area contributed by atoms with Crippen molar-refractivity contribution in [2.45, 2.75) is 31.2 Å². The van der Waals surface area contributed by atoms with Gasteiger partial charge in [0.05, 0.1) is 10.6 Å². The van der Waals surface area contributed by atoms with Crippen LogP contribution in [0.25, 0.3) is 11.1 Å². The second-order valence-corrected chi connectivity index (χ2v) is 7.66. The number of sulfonamides is 1. The second kappa shape index (κ2) is 4.83. The molecule has 118 valence electrons. The molecule has 1 atom stereocenters. The van der Waals surface area contributed by atoms with Gasteiger partial charge in [0.15, 0.2) is 11.5 Å². The Morgan fingerprint density at radius 1 is 1.22 bits per heavy atom. The molecule has 3 aromatic rings. The number of rotatable bonds is 2. The Morgan fingerprint density at radius 3 is 2.83 bits per heavy atom. The van der Waals surface area contributed by atoms with Crippen LogP contribution in [0.4, 0.5) is 5.69 Å². The Balaban J connectivity index is 1.86. The van der Waals surface area contributed by atoms with E-state index in [0.29, 0.717) is 17.0 Å². The molecule has 0 radical (unpaired) electrons. The van der Waals surface area contributed by atoms with Crippen molar-refractivity contribution in [3.8, 4) is 0 Å². The Kier molecular flexibility index (Phi) is 2.99. The lowest BCUT2D eigenvalue weighted by Crippen LogP contribution is -2.35. The number of hydrogen-bond donors (Lipinski definition) is 0. The highest BCUT2D eigenvalue weighted by Gasteiger charge is 2.36. The molecule has 0 N–H and O–H groups in total.